The molecule has 0 radical (unpaired) electrons. The molecule has 66 valence electrons. The van der Waals surface area contributed by atoms with E-state index in [1.54, 1.807) is 4.57 Å². The lowest BCUT2D eigenvalue weighted by atomic mass is 10.4. The minimum absolute atomic E-state index is 0.0963. The van der Waals surface area contributed by atoms with Gasteiger partial charge in [-0.1, -0.05) is 0 Å². The molecule has 0 fully saturated rings. The fourth-order valence-electron chi connectivity index (χ4n) is 0.947. The monoisotopic (exact) mass is 187 g/mol. The summed E-state index contributed by atoms with van der Waals surface area (Å²) < 4.78 is 2.12. The molecule has 0 aromatic carbocycles. The standard InChI is InChI=1S/C6H9N3O2S/c1-2-9-4(3-5(10)11)7-8-6(9)12/h2-3H2,1H3,(H,8,12)(H,10,11). The number of carbonyl (C=O) groups is 1. The van der Waals surface area contributed by atoms with Crippen molar-refractivity contribution in [3.63, 3.8) is 0 Å². The van der Waals surface area contributed by atoms with Gasteiger partial charge in [0, 0.05) is 6.54 Å². The van der Waals surface area contributed by atoms with Gasteiger partial charge in [0.2, 0.25) is 0 Å². The van der Waals surface area contributed by atoms with Crippen LogP contribution in [0.1, 0.15) is 12.7 Å². The smallest absolute Gasteiger partial charge is 0.311 e. The largest absolute Gasteiger partial charge is 0.481 e. The van der Waals surface area contributed by atoms with Crippen molar-refractivity contribution in [2.45, 2.75) is 19.9 Å². The van der Waals surface area contributed by atoms with Crippen LogP contribution in [-0.2, 0) is 17.8 Å². The highest BCUT2D eigenvalue weighted by Gasteiger charge is 2.07. The Bertz CT molecular complexity index is 341. The second-order valence-electron chi connectivity index (χ2n) is 2.26. The number of carboxylic acid groups (broad SMARTS) is 1. The number of nitrogens with one attached hydrogen (secondary N) is 1. The Morgan fingerprint density at radius 3 is 3.00 bits per heavy atom. The molecule has 0 saturated heterocycles. The van der Waals surface area contributed by atoms with E-state index in [4.69, 9.17) is 17.3 Å². The molecular weight excluding hydrogens is 178 g/mol. The van der Waals surface area contributed by atoms with Crippen molar-refractivity contribution >= 4 is 18.2 Å². The molecule has 0 amide bonds. The second-order valence-corrected chi connectivity index (χ2v) is 2.65. The zero-order valence-electron chi connectivity index (χ0n) is 6.57. The van der Waals surface area contributed by atoms with E-state index in [-0.39, 0.29) is 6.42 Å². The van der Waals surface area contributed by atoms with Gasteiger partial charge >= 0.3 is 5.97 Å². The number of carboxylic acids is 1. The number of H-pyrrole nitrogens is 1. The molecule has 0 aliphatic carbocycles. The van der Waals surface area contributed by atoms with Crippen LogP contribution in [0.25, 0.3) is 0 Å². The average Bonchev–Trinajstić information content (AvgIpc) is 2.30. The average molecular weight is 187 g/mol. The predicted molar refractivity (Wildman–Crippen MR) is 44.4 cm³/mol. The molecule has 0 saturated carbocycles. The lowest BCUT2D eigenvalue weighted by molar-refractivity contribution is -0.136. The van der Waals surface area contributed by atoms with Gasteiger partial charge in [0.25, 0.3) is 0 Å². The van der Waals surface area contributed by atoms with Crippen molar-refractivity contribution in [1.29, 1.82) is 0 Å². The van der Waals surface area contributed by atoms with Crippen LogP contribution in [0.4, 0.5) is 0 Å². The maximum absolute atomic E-state index is 10.3. The predicted octanol–water partition coefficient (Wildman–Crippen LogP) is 0.588. The van der Waals surface area contributed by atoms with Gasteiger partial charge in [-0.05, 0) is 19.1 Å². The number of aliphatic carboxylic acids is 1. The number of rotatable bonds is 3. The van der Waals surface area contributed by atoms with Gasteiger partial charge in [0.15, 0.2) is 4.77 Å². The molecule has 5 nitrogen and oxygen atoms in total. The summed E-state index contributed by atoms with van der Waals surface area (Å²) in [6, 6.07) is 0. The van der Waals surface area contributed by atoms with Gasteiger partial charge < -0.3 is 9.67 Å². The molecule has 2 N–H and O–H groups in total. The highest BCUT2D eigenvalue weighted by molar-refractivity contribution is 7.71. The summed E-state index contributed by atoms with van der Waals surface area (Å²) in [6.45, 7) is 2.52. The first-order valence-corrected chi connectivity index (χ1v) is 3.91. The number of nitrogens with zero attached hydrogens (tertiary/aromatic N) is 2. The minimum atomic E-state index is -0.904. The molecular formula is C6H9N3O2S. The van der Waals surface area contributed by atoms with Crippen LogP contribution in [0.3, 0.4) is 0 Å². The first-order valence-electron chi connectivity index (χ1n) is 3.51. The van der Waals surface area contributed by atoms with E-state index >= 15 is 0 Å². The van der Waals surface area contributed by atoms with Crippen molar-refractivity contribution in [1.82, 2.24) is 14.8 Å². The first-order chi connectivity index (χ1) is 5.65. The highest BCUT2D eigenvalue weighted by Crippen LogP contribution is 1.98. The van der Waals surface area contributed by atoms with E-state index in [1.807, 2.05) is 6.92 Å². The van der Waals surface area contributed by atoms with Crippen molar-refractivity contribution in [3.05, 3.63) is 10.6 Å². The van der Waals surface area contributed by atoms with Crippen molar-refractivity contribution in [3.8, 4) is 0 Å². The molecule has 1 aromatic rings. The summed E-state index contributed by atoms with van der Waals surface area (Å²) >= 11 is 4.88. The van der Waals surface area contributed by atoms with Crippen LogP contribution in [0.5, 0.6) is 0 Å². The van der Waals surface area contributed by atoms with E-state index in [2.05, 4.69) is 10.2 Å². The van der Waals surface area contributed by atoms with Crippen LogP contribution in [-0.4, -0.2) is 25.8 Å². The topological polar surface area (TPSA) is 70.9 Å². The fraction of sp³-hybridized carbons (Fsp3) is 0.500. The molecule has 6 heteroatoms. The van der Waals surface area contributed by atoms with Crippen LogP contribution in [0, 0.1) is 4.77 Å². The number of aromatic amines is 1. The summed E-state index contributed by atoms with van der Waals surface area (Å²) in [5.41, 5.74) is 0. The summed E-state index contributed by atoms with van der Waals surface area (Å²) in [4.78, 5) is 10.3. The van der Waals surface area contributed by atoms with Crippen LogP contribution < -0.4 is 0 Å². The Hall–Kier alpha value is -1.17. The second kappa shape index (κ2) is 3.48. The van der Waals surface area contributed by atoms with Crippen molar-refractivity contribution in [2.24, 2.45) is 0 Å². The molecule has 0 bridgehead atoms. The Labute approximate surface area is 74.0 Å². The van der Waals surface area contributed by atoms with Crippen LogP contribution in [0.2, 0.25) is 0 Å². The molecule has 0 aliphatic rings. The molecule has 0 spiro atoms. The van der Waals surface area contributed by atoms with Gasteiger partial charge in [0.05, 0.1) is 0 Å². The molecule has 12 heavy (non-hydrogen) atoms. The number of hydrogen-bond acceptors (Lipinski definition) is 3. The van der Waals surface area contributed by atoms with Gasteiger partial charge in [0.1, 0.15) is 12.2 Å². The molecule has 1 aromatic heterocycles. The van der Waals surface area contributed by atoms with Crippen molar-refractivity contribution < 1.29 is 9.90 Å². The summed E-state index contributed by atoms with van der Waals surface area (Å²) in [5.74, 6) is -0.436. The van der Waals surface area contributed by atoms with E-state index in [9.17, 15) is 4.79 Å². The maximum atomic E-state index is 10.3. The fourth-order valence-corrected chi connectivity index (χ4v) is 1.23. The Morgan fingerprint density at radius 1 is 1.83 bits per heavy atom. The van der Waals surface area contributed by atoms with Gasteiger partial charge in [-0.3, -0.25) is 9.89 Å². The van der Waals surface area contributed by atoms with Crippen LogP contribution in [0.15, 0.2) is 0 Å². The van der Waals surface area contributed by atoms with E-state index < -0.39 is 5.97 Å². The summed E-state index contributed by atoms with van der Waals surface area (Å²) in [6.07, 6.45) is -0.0963. The van der Waals surface area contributed by atoms with E-state index in [1.165, 1.54) is 0 Å². The molecule has 0 unspecified atom stereocenters. The van der Waals surface area contributed by atoms with Crippen LogP contribution >= 0.6 is 12.2 Å². The molecule has 1 heterocycles. The Kier molecular flexibility index (Phi) is 2.59. The number of hydrogen-bond donors (Lipinski definition) is 2. The van der Waals surface area contributed by atoms with Gasteiger partial charge in [-0.2, -0.15) is 5.10 Å². The molecule has 1 rings (SSSR count). The SMILES string of the molecule is CCn1c(CC(=O)O)n[nH]c1=S. The minimum Gasteiger partial charge on any atom is -0.481 e. The lowest BCUT2D eigenvalue weighted by Gasteiger charge is -1.98. The van der Waals surface area contributed by atoms with Crippen molar-refractivity contribution in [2.75, 3.05) is 0 Å². The summed E-state index contributed by atoms with van der Waals surface area (Å²) in [5, 5.41) is 14.8. The molecule has 0 aliphatic heterocycles. The summed E-state index contributed by atoms with van der Waals surface area (Å²) in [7, 11) is 0. The third kappa shape index (κ3) is 1.70. The third-order valence-corrected chi connectivity index (χ3v) is 1.77. The normalized spacial score (nSPS) is 10.1. The van der Waals surface area contributed by atoms with Gasteiger partial charge in [-0.25, -0.2) is 0 Å². The maximum Gasteiger partial charge on any atom is 0.311 e. The lowest BCUT2D eigenvalue weighted by Crippen LogP contribution is -2.08. The van der Waals surface area contributed by atoms with Gasteiger partial charge in [-0.15, -0.1) is 0 Å². The zero-order chi connectivity index (χ0) is 9.14. The zero-order valence-corrected chi connectivity index (χ0v) is 7.39. The first kappa shape index (κ1) is 8.92. The quantitative estimate of drug-likeness (QED) is 0.679. The Balaban J connectivity index is 2.99. The highest BCUT2D eigenvalue weighted by atomic mass is 32.1. The van der Waals surface area contributed by atoms with E-state index in [0.29, 0.717) is 17.1 Å². The third-order valence-electron chi connectivity index (χ3n) is 1.46. The molecule has 0 atom stereocenters. The number of aromatic nitrogens is 3. The Morgan fingerprint density at radius 2 is 2.50 bits per heavy atom. The van der Waals surface area contributed by atoms with E-state index in [0.717, 1.165) is 0 Å².